The molecular weight excluding hydrogens is 594 g/mol. The largest absolute Gasteiger partial charge is 0.544 e. The number of nitrogens with zero attached hydrogens (tertiary/aromatic N) is 1. The third-order valence-corrected chi connectivity index (χ3v) is 7.10. The topological polar surface area (TPSA) is 102 Å². The maximum absolute atomic E-state index is 12.5. The molecule has 0 rings (SSSR count). The number of esters is 2. The molecule has 0 saturated carbocycles. The molecule has 0 saturated heterocycles. The van der Waals surface area contributed by atoms with Gasteiger partial charge in [-0.05, 0) is 64.2 Å². The van der Waals surface area contributed by atoms with Crippen LogP contribution in [0.2, 0.25) is 0 Å². The van der Waals surface area contributed by atoms with E-state index in [0.717, 1.165) is 64.2 Å². The lowest BCUT2D eigenvalue weighted by Crippen LogP contribution is -2.55. The molecule has 0 spiro atoms. The zero-order chi connectivity index (χ0) is 35.0. The number of ether oxygens (including phenoxy) is 3. The Morgan fingerprint density at radius 1 is 0.638 bits per heavy atom. The van der Waals surface area contributed by atoms with Crippen LogP contribution in [0.15, 0.2) is 72.9 Å². The van der Waals surface area contributed by atoms with E-state index in [-0.39, 0.29) is 43.1 Å². The Kier molecular flexibility index (Phi) is 28.1. The molecule has 2 unspecified atom stereocenters. The molecular formula is C39H63NO7. The van der Waals surface area contributed by atoms with Gasteiger partial charge in [0, 0.05) is 19.3 Å². The lowest BCUT2D eigenvalue weighted by Gasteiger charge is -2.34. The van der Waals surface area contributed by atoms with Crippen LogP contribution in [0.5, 0.6) is 0 Å². The number of hydrogen-bond donors (Lipinski definition) is 0. The van der Waals surface area contributed by atoms with E-state index < -0.39 is 24.1 Å². The number of hydrogen-bond acceptors (Lipinski definition) is 7. The molecule has 2 atom stereocenters. The molecule has 0 aliphatic rings. The number of aliphatic carboxylic acids is 1. The summed E-state index contributed by atoms with van der Waals surface area (Å²) in [6.45, 7) is 4.25. The second-order valence-corrected chi connectivity index (χ2v) is 12.3. The molecule has 266 valence electrons. The minimum Gasteiger partial charge on any atom is -0.544 e. The molecule has 0 aliphatic carbocycles. The van der Waals surface area contributed by atoms with Crippen molar-refractivity contribution in [1.82, 2.24) is 0 Å². The van der Waals surface area contributed by atoms with Gasteiger partial charge in [0.25, 0.3) is 0 Å². The molecule has 0 radical (unpaired) electrons. The first-order chi connectivity index (χ1) is 22.6. The Balaban J connectivity index is 4.49. The van der Waals surface area contributed by atoms with Gasteiger partial charge in [-0.15, -0.1) is 0 Å². The highest BCUT2D eigenvalue weighted by molar-refractivity contribution is 5.70. The van der Waals surface area contributed by atoms with Crippen LogP contribution in [0.1, 0.15) is 104 Å². The summed E-state index contributed by atoms with van der Waals surface area (Å²) in [6, 6.07) is -0.740. The molecule has 0 aromatic heterocycles. The highest BCUT2D eigenvalue weighted by atomic mass is 16.6. The molecule has 0 aromatic carbocycles. The van der Waals surface area contributed by atoms with Crippen molar-refractivity contribution in [1.29, 1.82) is 0 Å². The van der Waals surface area contributed by atoms with Crippen molar-refractivity contribution >= 4 is 17.9 Å². The summed E-state index contributed by atoms with van der Waals surface area (Å²) in [7, 11) is 5.34. The van der Waals surface area contributed by atoms with E-state index in [2.05, 4.69) is 74.6 Å². The number of carbonyl (C=O) groups is 3. The molecule has 0 fully saturated rings. The average Bonchev–Trinajstić information content (AvgIpc) is 3.01. The Hall–Kier alpha value is -3.23. The molecule has 0 bridgehead atoms. The van der Waals surface area contributed by atoms with E-state index in [1.54, 1.807) is 21.1 Å². The average molecular weight is 658 g/mol. The number of unbranched alkanes of at least 4 members (excludes halogenated alkanes) is 3. The summed E-state index contributed by atoms with van der Waals surface area (Å²) < 4.78 is 16.9. The van der Waals surface area contributed by atoms with Gasteiger partial charge < -0.3 is 28.6 Å². The number of carbonyl (C=O) groups excluding carboxylic acids is 3. The van der Waals surface area contributed by atoms with E-state index in [1.807, 2.05) is 12.2 Å². The molecule has 0 heterocycles. The van der Waals surface area contributed by atoms with Gasteiger partial charge in [0.05, 0.1) is 40.3 Å². The van der Waals surface area contributed by atoms with Crippen LogP contribution in [-0.4, -0.2) is 75.5 Å². The van der Waals surface area contributed by atoms with Crippen molar-refractivity contribution in [2.75, 3.05) is 41.0 Å². The fourth-order valence-electron chi connectivity index (χ4n) is 4.41. The van der Waals surface area contributed by atoms with Crippen LogP contribution < -0.4 is 5.11 Å². The predicted octanol–water partition coefficient (Wildman–Crippen LogP) is 7.12. The second-order valence-electron chi connectivity index (χ2n) is 12.3. The van der Waals surface area contributed by atoms with Gasteiger partial charge in [-0.3, -0.25) is 9.59 Å². The Labute approximate surface area is 285 Å². The normalized spacial score (nSPS) is 14.0. The lowest BCUT2D eigenvalue weighted by molar-refractivity contribution is -0.889. The SMILES string of the molecule is CC/C=C/C/C=C/C/C=C/C/C=C/CCCCCC(=O)OCC(COCCC(C(=O)[O-])[N+](C)(C)C)OC(=O)CC/C=C/C/C=C/CC. The van der Waals surface area contributed by atoms with Crippen molar-refractivity contribution < 1.29 is 38.2 Å². The van der Waals surface area contributed by atoms with E-state index in [1.165, 1.54) is 0 Å². The standard InChI is InChI=1S/C39H63NO7/c1-6-8-10-12-14-15-16-17-18-19-20-21-22-24-25-27-29-37(41)46-34-35(33-45-32-31-36(39(43)44)40(3,4)5)47-38(42)30-28-26-23-13-11-9-7-2/h8-11,14-15,17-18,20-21,23,26,35-36H,6-7,12-13,16,19,22,24-25,27-34H2,1-5H3/b10-8+,11-9+,15-14+,18-17+,21-20+,26-23+. The van der Waals surface area contributed by atoms with Crippen molar-refractivity contribution in [2.45, 2.75) is 116 Å². The van der Waals surface area contributed by atoms with E-state index in [4.69, 9.17) is 14.2 Å². The van der Waals surface area contributed by atoms with Crippen LogP contribution >= 0.6 is 0 Å². The van der Waals surface area contributed by atoms with Gasteiger partial charge in [0.15, 0.2) is 6.10 Å². The van der Waals surface area contributed by atoms with Crippen LogP contribution in [0.25, 0.3) is 0 Å². The number of carboxylic acid groups (broad SMARTS) is 1. The Bertz CT molecular complexity index is 1000. The molecule has 0 N–H and O–H groups in total. The fraction of sp³-hybridized carbons (Fsp3) is 0.615. The van der Waals surface area contributed by atoms with Crippen LogP contribution in [-0.2, 0) is 28.6 Å². The number of quaternary nitrogens is 1. The van der Waals surface area contributed by atoms with Crippen molar-refractivity contribution in [2.24, 2.45) is 0 Å². The third-order valence-electron chi connectivity index (χ3n) is 7.10. The summed E-state index contributed by atoms with van der Waals surface area (Å²) >= 11 is 0. The number of rotatable bonds is 29. The number of likely N-dealkylation sites (N-methyl/N-ethyl adjacent to an activating group) is 1. The van der Waals surface area contributed by atoms with Crippen molar-refractivity contribution in [3.05, 3.63) is 72.9 Å². The van der Waals surface area contributed by atoms with Gasteiger partial charge in [0.2, 0.25) is 0 Å². The maximum atomic E-state index is 12.5. The molecule has 8 nitrogen and oxygen atoms in total. The first-order valence-electron chi connectivity index (χ1n) is 17.5. The molecule has 47 heavy (non-hydrogen) atoms. The third kappa shape index (κ3) is 28.7. The van der Waals surface area contributed by atoms with Gasteiger partial charge in [0.1, 0.15) is 12.6 Å². The van der Waals surface area contributed by atoms with E-state index in [9.17, 15) is 19.5 Å². The molecule has 0 aromatic rings. The molecule has 0 amide bonds. The number of allylic oxidation sites excluding steroid dienone is 12. The summed E-state index contributed by atoms with van der Waals surface area (Å²) in [6.07, 6.45) is 35.4. The smallest absolute Gasteiger partial charge is 0.306 e. The Morgan fingerprint density at radius 2 is 1.17 bits per heavy atom. The number of carboxylic acids is 1. The summed E-state index contributed by atoms with van der Waals surface area (Å²) in [5.74, 6) is -1.89. The zero-order valence-corrected chi connectivity index (χ0v) is 29.9. The first kappa shape index (κ1) is 43.8. The second kappa shape index (κ2) is 30.1. The van der Waals surface area contributed by atoms with Gasteiger partial charge in [-0.25, -0.2) is 0 Å². The van der Waals surface area contributed by atoms with Crippen LogP contribution in [0.3, 0.4) is 0 Å². The van der Waals surface area contributed by atoms with Crippen molar-refractivity contribution in [3.8, 4) is 0 Å². The van der Waals surface area contributed by atoms with E-state index in [0.29, 0.717) is 12.8 Å². The van der Waals surface area contributed by atoms with Crippen LogP contribution in [0, 0.1) is 0 Å². The van der Waals surface area contributed by atoms with Crippen LogP contribution in [0.4, 0.5) is 0 Å². The lowest BCUT2D eigenvalue weighted by atomic mass is 10.1. The molecule has 0 aliphatic heterocycles. The van der Waals surface area contributed by atoms with E-state index >= 15 is 0 Å². The summed E-state index contributed by atoms with van der Waals surface area (Å²) in [5, 5.41) is 11.5. The zero-order valence-electron chi connectivity index (χ0n) is 29.9. The van der Waals surface area contributed by atoms with Gasteiger partial charge in [-0.2, -0.15) is 0 Å². The van der Waals surface area contributed by atoms with Gasteiger partial charge in [-0.1, -0.05) is 93.2 Å². The highest BCUT2D eigenvalue weighted by Gasteiger charge is 2.25. The minimum atomic E-state index is -1.14. The summed E-state index contributed by atoms with van der Waals surface area (Å²) in [5.41, 5.74) is 0. The van der Waals surface area contributed by atoms with Crippen molar-refractivity contribution in [3.63, 3.8) is 0 Å². The van der Waals surface area contributed by atoms with Gasteiger partial charge >= 0.3 is 11.9 Å². The predicted molar refractivity (Wildman–Crippen MR) is 189 cm³/mol. The minimum absolute atomic E-state index is 0.00243. The quantitative estimate of drug-likeness (QED) is 0.0365. The fourth-order valence-corrected chi connectivity index (χ4v) is 4.41. The molecule has 8 heteroatoms. The monoisotopic (exact) mass is 657 g/mol. The Morgan fingerprint density at radius 3 is 1.70 bits per heavy atom. The summed E-state index contributed by atoms with van der Waals surface area (Å²) in [4.78, 5) is 36.4. The maximum Gasteiger partial charge on any atom is 0.306 e. The first-order valence-corrected chi connectivity index (χ1v) is 17.5. The highest BCUT2D eigenvalue weighted by Crippen LogP contribution is 2.10.